The molecule has 0 aliphatic rings. The van der Waals surface area contributed by atoms with E-state index in [0.717, 1.165) is 17.2 Å². The highest BCUT2D eigenvalue weighted by Gasteiger charge is 2.04. The Morgan fingerprint density at radius 3 is 2.73 bits per heavy atom. The SMILES string of the molecule is Cc1nccn1-c1cc([C@H](C)N)ccn1. The van der Waals surface area contributed by atoms with Crippen LogP contribution < -0.4 is 5.73 Å². The average Bonchev–Trinajstić information content (AvgIpc) is 2.64. The summed E-state index contributed by atoms with van der Waals surface area (Å²) in [5.74, 6) is 1.78. The van der Waals surface area contributed by atoms with Crippen LogP contribution in [0.5, 0.6) is 0 Å². The van der Waals surface area contributed by atoms with Gasteiger partial charge in [0.1, 0.15) is 11.6 Å². The van der Waals surface area contributed by atoms with Gasteiger partial charge in [-0.2, -0.15) is 0 Å². The maximum absolute atomic E-state index is 5.82. The zero-order valence-electron chi connectivity index (χ0n) is 8.88. The molecule has 0 aliphatic carbocycles. The Kier molecular flexibility index (Phi) is 2.51. The summed E-state index contributed by atoms with van der Waals surface area (Å²) in [7, 11) is 0. The van der Waals surface area contributed by atoms with E-state index < -0.39 is 0 Å². The van der Waals surface area contributed by atoms with Crippen molar-refractivity contribution in [3.05, 3.63) is 42.1 Å². The van der Waals surface area contributed by atoms with Crippen molar-refractivity contribution in [2.75, 3.05) is 0 Å². The van der Waals surface area contributed by atoms with Crippen molar-refractivity contribution < 1.29 is 0 Å². The van der Waals surface area contributed by atoms with Crippen LogP contribution in [-0.4, -0.2) is 14.5 Å². The van der Waals surface area contributed by atoms with E-state index in [1.807, 2.05) is 36.7 Å². The van der Waals surface area contributed by atoms with Crippen molar-refractivity contribution in [3.8, 4) is 5.82 Å². The van der Waals surface area contributed by atoms with Gasteiger partial charge in [-0.25, -0.2) is 9.97 Å². The van der Waals surface area contributed by atoms with E-state index in [-0.39, 0.29) is 6.04 Å². The summed E-state index contributed by atoms with van der Waals surface area (Å²) in [6.07, 6.45) is 5.42. The van der Waals surface area contributed by atoms with Crippen molar-refractivity contribution in [1.82, 2.24) is 14.5 Å². The molecule has 4 nitrogen and oxygen atoms in total. The van der Waals surface area contributed by atoms with Gasteiger partial charge in [0.15, 0.2) is 0 Å². The molecule has 2 N–H and O–H groups in total. The second kappa shape index (κ2) is 3.82. The predicted molar refractivity (Wildman–Crippen MR) is 58.7 cm³/mol. The van der Waals surface area contributed by atoms with E-state index in [0.29, 0.717) is 0 Å². The van der Waals surface area contributed by atoms with Gasteiger partial charge in [0, 0.05) is 24.6 Å². The van der Waals surface area contributed by atoms with Crippen LogP contribution in [0.3, 0.4) is 0 Å². The highest BCUT2D eigenvalue weighted by atomic mass is 15.1. The van der Waals surface area contributed by atoms with Gasteiger partial charge in [-0.15, -0.1) is 0 Å². The quantitative estimate of drug-likeness (QED) is 0.804. The van der Waals surface area contributed by atoms with Gasteiger partial charge in [0.25, 0.3) is 0 Å². The number of aryl methyl sites for hydroxylation is 1. The van der Waals surface area contributed by atoms with Crippen LogP contribution in [0.2, 0.25) is 0 Å². The summed E-state index contributed by atoms with van der Waals surface area (Å²) in [6.45, 7) is 3.90. The largest absolute Gasteiger partial charge is 0.324 e. The van der Waals surface area contributed by atoms with Crippen LogP contribution in [0, 0.1) is 6.92 Å². The molecule has 15 heavy (non-hydrogen) atoms. The van der Waals surface area contributed by atoms with E-state index >= 15 is 0 Å². The number of hydrogen-bond donors (Lipinski definition) is 1. The van der Waals surface area contributed by atoms with Crippen molar-refractivity contribution in [2.24, 2.45) is 5.73 Å². The monoisotopic (exact) mass is 202 g/mol. The molecule has 2 aromatic rings. The fourth-order valence-electron chi connectivity index (χ4n) is 1.47. The molecule has 0 saturated carbocycles. The molecule has 2 rings (SSSR count). The molecule has 0 unspecified atom stereocenters. The van der Waals surface area contributed by atoms with Gasteiger partial charge in [-0.05, 0) is 31.5 Å². The van der Waals surface area contributed by atoms with Crippen LogP contribution in [0.1, 0.15) is 24.4 Å². The summed E-state index contributed by atoms with van der Waals surface area (Å²) >= 11 is 0. The smallest absolute Gasteiger partial charge is 0.138 e. The van der Waals surface area contributed by atoms with Crippen LogP contribution >= 0.6 is 0 Å². The predicted octanol–water partition coefficient (Wildman–Crippen LogP) is 1.60. The van der Waals surface area contributed by atoms with Crippen LogP contribution in [0.4, 0.5) is 0 Å². The summed E-state index contributed by atoms with van der Waals surface area (Å²) in [5, 5.41) is 0. The maximum Gasteiger partial charge on any atom is 0.138 e. The van der Waals surface area contributed by atoms with Gasteiger partial charge in [0.2, 0.25) is 0 Å². The van der Waals surface area contributed by atoms with E-state index in [1.54, 1.807) is 12.4 Å². The van der Waals surface area contributed by atoms with Gasteiger partial charge in [-0.1, -0.05) is 0 Å². The van der Waals surface area contributed by atoms with Crippen molar-refractivity contribution >= 4 is 0 Å². The van der Waals surface area contributed by atoms with Crippen LogP contribution in [0.15, 0.2) is 30.7 Å². The van der Waals surface area contributed by atoms with Crippen LogP contribution in [0.25, 0.3) is 5.82 Å². The normalized spacial score (nSPS) is 12.7. The molecule has 78 valence electrons. The van der Waals surface area contributed by atoms with Gasteiger partial charge >= 0.3 is 0 Å². The molecule has 2 heterocycles. The Balaban J connectivity index is 2.46. The number of nitrogens with zero attached hydrogens (tertiary/aromatic N) is 3. The number of rotatable bonds is 2. The number of pyridine rings is 1. The number of nitrogens with two attached hydrogens (primary N) is 1. The first-order valence-corrected chi connectivity index (χ1v) is 4.90. The topological polar surface area (TPSA) is 56.7 Å². The molecule has 0 bridgehead atoms. The lowest BCUT2D eigenvalue weighted by Crippen LogP contribution is -2.07. The Morgan fingerprint density at radius 2 is 2.13 bits per heavy atom. The molecule has 0 saturated heterocycles. The van der Waals surface area contributed by atoms with Gasteiger partial charge in [0.05, 0.1) is 0 Å². The lowest BCUT2D eigenvalue weighted by atomic mass is 10.1. The van der Waals surface area contributed by atoms with Gasteiger partial charge in [-0.3, -0.25) is 4.57 Å². The molecule has 0 radical (unpaired) electrons. The first-order chi connectivity index (χ1) is 7.18. The first kappa shape index (κ1) is 9.86. The molecule has 0 amide bonds. The maximum atomic E-state index is 5.82. The molecule has 4 heteroatoms. The highest BCUT2D eigenvalue weighted by molar-refractivity contribution is 5.30. The fourth-order valence-corrected chi connectivity index (χ4v) is 1.47. The van der Waals surface area contributed by atoms with E-state index in [9.17, 15) is 0 Å². The lowest BCUT2D eigenvalue weighted by Gasteiger charge is -2.08. The molecule has 0 fully saturated rings. The summed E-state index contributed by atoms with van der Waals surface area (Å²) in [4.78, 5) is 8.45. The van der Waals surface area contributed by atoms with E-state index in [2.05, 4.69) is 9.97 Å². The third kappa shape index (κ3) is 1.89. The van der Waals surface area contributed by atoms with Crippen molar-refractivity contribution in [3.63, 3.8) is 0 Å². The molecule has 0 aliphatic heterocycles. The highest BCUT2D eigenvalue weighted by Crippen LogP contribution is 2.13. The molecular formula is C11H14N4. The van der Waals surface area contributed by atoms with E-state index in [1.165, 1.54) is 0 Å². The van der Waals surface area contributed by atoms with Crippen molar-refractivity contribution in [1.29, 1.82) is 0 Å². The third-order valence-corrected chi connectivity index (χ3v) is 2.37. The Bertz CT molecular complexity index is 459. The Labute approximate surface area is 88.8 Å². The van der Waals surface area contributed by atoms with Crippen LogP contribution in [-0.2, 0) is 0 Å². The minimum Gasteiger partial charge on any atom is -0.324 e. The Hall–Kier alpha value is -1.68. The fraction of sp³-hybridized carbons (Fsp3) is 0.273. The van der Waals surface area contributed by atoms with Crippen molar-refractivity contribution in [2.45, 2.75) is 19.9 Å². The number of hydrogen-bond acceptors (Lipinski definition) is 3. The second-order valence-corrected chi connectivity index (χ2v) is 3.58. The number of imidazole rings is 1. The summed E-state index contributed by atoms with van der Waals surface area (Å²) in [6, 6.07) is 3.94. The van der Waals surface area contributed by atoms with Gasteiger partial charge < -0.3 is 5.73 Å². The third-order valence-electron chi connectivity index (χ3n) is 2.37. The molecule has 2 aromatic heterocycles. The second-order valence-electron chi connectivity index (χ2n) is 3.58. The summed E-state index contributed by atoms with van der Waals surface area (Å²) < 4.78 is 1.94. The lowest BCUT2D eigenvalue weighted by molar-refractivity contribution is 0.808. The molecular weight excluding hydrogens is 188 g/mol. The first-order valence-electron chi connectivity index (χ1n) is 4.90. The molecule has 1 atom stereocenters. The summed E-state index contributed by atoms with van der Waals surface area (Å²) in [5.41, 5.74) is 6.90. The minimum atomic E-state index is 0.0237. The standard InChI is InChI=1S/C11H14N4/c1-8(12)10-3-4-14-11(7-10)15-6-5-13-9(15)2/h3-8H,12H2,1-2H3/t8-/m0/s1. The molecule has 0 aromatic carbocycles. The zero-order valence-corrected chi connectivity index (χ0v) is 8.88. The van der Waals surface area contributed by atoms with E-state index in [4.69, 9.17) is 5.73 Å². The average molecular weight is 202 g/mol. The minimum absolute atomic E-state index is 0.0237. The Morgan fingerprint density at radius 1 is 1.33 bits per heavy atom. The molecule has 0 spiro atoms. The zero-order chi connectivity index (χ0) is 10.8. The number of aromatic nitrogens is 3.